The minimum absolute atomic E-state index is 0.0106. The van der Waals surface area contributed by atoms with Crippen LogP contribution in [0, 0.1) is 5.92 Å². The number of nitrogens with one attached hydrogen (secondary N) is 1. The van der Waals surface area contributed by atoms with Crippen LogP contribution < -0.4 is 5.32 Å². The van der Waals surface area contributed by atoms with Crippen LogP contribution in [0.25, 0.3) is 0 Å². The summed E-state index contributed by atoms with van der Waals surface area (Å²) < 4.78 is 5.00. The van der Waals surface area contributed by atoms with E-state index in [1.54, 1.807) is 6.92 Å². The summed E-state index contributed by atoms with van der Waals surface area (Å²) >= 11 is 0. The predicted octanol–water partition coefficient (Wildman–Crippen LogP) is 0.620. The van der Waals surface area contributed by atoms with Gasteiger partial charge in [-0.15, -0.1) is 0 Å². The average molecular weight is 279 g/mol. The molecule has 5 nitrogen and oxygen atoms in total. The van der Waals surface area contributed by atoms with Crippen LogP contribution in [0.5, 0.6) is 0 Å². The zero-order valence-electron chi connectivity index (χ0n) is 11.7. The quantitative estimate of drug-likeness (QED) is 0.704. The van der Waals surface area contributed by atoms with Gasteiger partial charge in [0.15, 0.2) is 6.10 Å². The van der Waals surface area contributed by atoms with Gasteiger partial charge in [0.1, 0.15) is 6.10 Å². The van der Waals surface area contributed by atoms with Gasteiger partial charge in [0.2, 0.25) is 0 Å². The Morgan fingerprint density at radius 1 is 1.35 bits per heavy atom. The number of carbonyl (C=O) groups is 1. The molecule has 20 heavy (non-hydrogen) atoms. The van der Waals surface area contributed by atoms with Crippen molar-refractivity contribution in [2.45, 2.75) is 38.1 Å². The third-order valence-electron chi connectivity index (χ3n) is 3.85. The Morgan fingerprint density at radius 2 is 2.00 bits per heavy atom. The third kappa shape index (κ3) is 3.00. The van der Waals surface area contributed by atoms with Crippen molar-refractivity contribution in [3.8, 4) is 0 Å². The van der Waals surface area contributed by atoms with Crippen LogP contribution in [0.15, 0.2) is 30.3 Å². The van der Waals surface area contributed by atoms with E-state index in [1.165, 1.54) is 0 Å². The van der Waals surface area contributed by atoms with Crippen molar-refractivity contribution in [2.75, 3.05) is 6.61 Å². The van der Waals surface area contributed by atoms with Crippen LogP contribution in [0.2, 0.25) is 0 Å². The van der Waals surface area contributed by atoms with E-state index in [4.69, 9.17) is 9.84 Å². The minimum Gasteiger partial charge on any atom is -0.457 e. The molecule has 0 radical (unpaired) electrons. The molecule has 1 fully saturated rings. The van der Waals surface area contributed by atoms with E-state index in [9.17, 15) is 9.90 Å². The highest BCUT2D eigenvalue weighted by Crippen LogP contribution is 2.24. The van der Waals surface area contributed by atoms with E-state index in [0.717, 1.165) is 5.56 Å². The van der Waals surface area contributed by atoms with Crippen LogP contribution >= 0.6 is 0 Å². The molecule has 0 aliphatic carbocycles. The molecule has 1 aliphatic heterocycles. The first-order chi connectivity index (χ1) is 9.54. The maximum Gasteiger partial charge on any atom is 0.310 e. The van der Waals surface area contributed by atoms with E-state index in [-0.39, 0.29) is 12.6 Å². The molecule has 1 aromatic carbocycles. The van der Waals surface area contributed by atoms with E-state index in [2.05, 4.69) is 5.32 Å². The molecule has 0 saturated carbocycles. The largest absolute Gasteiger partial charge is 0.457 e. The van der Waals surface area contributed by atoms with Gasteiger partial charge < -0.3 is 20.3 Å². The topological polar surface area (TPSA) is 78.8 Å². The van der Waals surface area contributed by atoms with Crippen LogP contribution in [-0.4, -0.2) is 41.0 Å². The first kappa shape index (κ1) is 15.0. The number of aliphatic hydroxyl groups excluding tert-OH is 2. The molecule has 0 unspecified atom stereocenters. The monoisotopic (exact) mass is 279 g/mol. The fraction of sp³-hybridized carbons (Fsp3) is 0.533. The van der Waals surface area contributed by atoms with Crippen molar-refractivity contribution in [3.05, 3.63) is 35.9 Å². The summed E-state index contributed by atoms with van der Waals surface area (Å²) in [5, 5.41) is 22.6. The standard InChI is InChI=1S/C15H21NO4/c1-9-13(14(18)12(8-17)20-15(9)19)16-10(2)11-6-4-3-5-7-11/h3-7,9-10,12-14,16-18H,8H2,1-2H3/t9-,10-,12+,13-,14-/m1/s1. The molecule has 2 rings (SSSR count). The summed E-state index contributed by atoms with van der Waals surface area (Å²) in [5.74, 6) is -0.855. The number of rotatable bonds is 4. The summed E-state index contributed by atoms with van der Waals surface area (Å²) in [7, 11) is 0. The number of esters is 1. The number of aliphatic hydroxyl groups is 2. The van der Waals surface area contributed by atoms with E-state index < -0.39 is 30.1 Å². The Kier molecular flexibility index (Phi) is 4.75. The van der Waals surface area contributed by atoms with Crippen molar-refractivity contribution in [2.24, 2.45) is 5.92 Å². The molecule has 1 saturated heterocycles. The molecule has 0 aromatic heterocycles. The predicted molar refractivity (Wildman–Crippen MR) is 73.9 cm³/mol. The van der Waals surface area contributed by atoms with Crippen molar-refractivity contribution in [3.63, 3.8) is 0 Å². The van der Waals surface area contributed by atoms with Gasteiger partial charge in [-0.2, -0.15) is 0 Å². The lowest BCUT2D eigenvalue weighted by Crippen LogP contribution is -2.59. The second-order valence-electron chi connectivity index (χ2n) is 5.26. The second-order valence-corrected chi connectivity index (χ2v) is 5.26. The molecule has 1 heterocycles. The van der Waals surface area contributed by atoms with Crippen molar-refractivity contribution < 1.29 is 19.7 Å². The Morgan fingerprint density at radius 3 is 2.60 bits per heavy atom. The van der Waals surface area contributed by atoms with Crippen LogP contribution in [0.1, 0.15) is 25.5 Å². The Bertz CT molecular complexity index is 450. The SMILES string of the molecule is C[C@@H](N[C@H]1[C@H](O)[C@H](CO)OC(=O)[C@@H]1C)c1ccccc1. The van der Waals surface area contributed by atoms with Crippen molar-refractivity contribution in [1.29, 1.82) is 0 Å². The summed E-state index contributed by atoms with van der Waals surface area (Å²) in [6, 6.07) is 9.34. The van der Waals surface area contributed by atoms with Gasteiger partial charge in [0.25, 0.3) is 0 Å². The molecule has 5 atom stereocenters. The Labute approximate surface area is 118 Å². The molecule has 5 heteroatoms. The van der Waals surface area contributed by atoms with Gasteiger partial charge in [-0.05, 0) is 12.5 Å². The summed E-state index contributed by atoms with van der Waals surface area (Å²) in [6.07, 6.45) is -1.78. The highest BCUT2D eigenvalue weighted by Gasteiger charge is 2.43. The molecule has 1 aliphatic rings. The van der Waals surface area contributed by atoms with Gasteiger partial charge in [0.05, 0.1) is 18.6 Å². The number of benzene rings is 1. The number of ether oxygens (including phenoxy) is 1. The maximum atomic E-state index is 11.8. The lowest BCUT2D eigenvalue weighted by atomic mass is 9.89. The molecule has 1 aromatic rings. The maximum absolute atomic E-state index is 11.8. The lowest BCUT2D eigenvalue weighted by molar-refractivity contribution is -0.179. The number of hydrogen-bond donors (Lipinski definition) is 3. The van der Waals surface area contributed by atoms with E-state index in [0.29, 0.717) is 0 Å². The molecule has 0 bridgehead atoms. The molecule has 3 N–H and O–H groups in total. The second kappa shape index (κ2) is 6.35. The van der Waals surface area contributed by atoms with Gasteiger partial charge in [-0.3, -0.25) is 4.79 Å². The molecule has 0 spiro atoms. The minimum atomic E-state index is -0.918. The zero-order valence-corrected chi connectivity index (χ0v) is 11.7. The summed E-state index contributed by atoms with van der Waals surface area (Å²) in [5.41, 5.74) is 1.08. The smallest absolute Gasteiger partial charge is 0.310 e. The van der Waals surface area contributed by atoms with Crippen LogP contribution in [0.4, 0.5) is 0 Å². The van der Waals surface area contributed by atoms with Gasteiger partial charge in [0, 0.05) is 6.04 Å². The molecule has 0 amide bonds. The Hall–Kier alpha value is -1.43. The Balaban J connectivity index is 2.11. The van der Waals surface area contributed by atoms with Crippen LogP contribution in [0.3, 0.4) is 0 Å². The average Bonchev–Trinajstić information content (AvgIpc) is 2.48. The van der Waals surface area contributed by atoms with Gasteiger partial charge in [-0.1, -0.05) is 37.3 Å². The number of cyclic esters (lactones) is 1. The van der Waals surface area contributed by atoms with E-state index >= 15 is 0 Å². The normalized spacial score (nSPS) is 31.7. The van der Waals surface area contributed by atoms with Crippen LogP contribution in [-0.2, 0) is 9.53 Å². The third-order valence-corrected chi connectivity index (χ3v) is 3.85. The lowest BCUT2D eigenvalue weighted by Gasteiger charge is -2.39. The fourth-order valence-corrected chi connectivity index (χ4v) is 2.51. The molecule has 110 valence electrons. The zero-order chi connectivity index (χ0) is 14.7. The number of hydrogen-bond acceptors (Lipinski definition) is 5. The highest BCUT2D eigenvalue weighted by molar-refractivity contribution is 5.74. The van der Waals surface area contributed by atoms with Gasteiger partial charge in [-0.25, -0.2) is 0 Å². The molecular weight excluding hydrogens is 258 g/mol. The van der Waals surface area contributed by atoms with E-state index in [1.807, 2.05) is 37.3 Å². The highest BCUT2D eigenvalue weighted by atomic mass is 16.6. The van der Waals surface area contributed by atoms with Crippen molar-refractivity contribution >= 4 is 5.97 Å². The summed E-state index contributed by atoms with van der Waals surface area (Å²) in [6.45, 7) is 3.31. The fourth-order valence-electron chi connectivity index (χ4n) is 2.51. The number of carbonyl (C=O) groups excluding carboxylic acids is 1. The van der Waals surface area contributed by atoms with Crippen molar-refractivity contribution in [1.82, 2.24) is 5.32 Å². The molecular formula is C15H21NO4. The van der Waals surface area contributed by atoms with Gasteiger partial charge >= 0.3 is 5.97 Å². The first-order valence-corrected chi connectivity index (χ1v) is 6.85. The first-order valence-electron chi connectivity index (χ1n) is 6.85. The summed E-state index contributed by atoms with van der Waals surface area (Å²) in [4.78, 5) is 11.8.